The maximum atomic E-state index is 5.48. The fraction of sp³-hybridized carbons (Fsp3) is 0.778. The smallest absolute Gasteiger partial charge is 0.0651 e. The number of hydrogen-bond acceptors (Lipinski definition) is 2. The number of rotatable bonds is 5. The number of hydrogen-bond donors (Lipinski definition) is 1. The molecule has 1 nitrogen and oxygen atoms in total. The van der Waals surface area contributed by atoms with E-state index >= 15 is 0 Å². The summed E-state index contributed by atoms with van der Waals surface area (Å²) in [5, 5.41) is 0. The molecule has 1 unspecified atom stereocenters. The molecule has 11 heavy (non-hydrogen) atoms. The molecule has 0 bridgehead atoms. The van der Waals surface area contributed by atoms with E-state index in [1.807, 2.05) is 12.2 Å². The Balaban J connectivity index is 3.31. The molecule has 0 aliphatic heterocycles. The van der Waals surface area contributed by atoms with Gasteiger partial charge in [0.25, 0.3) is 0 Å². The number of ether oxygens (including phenoxy) is 1. The minimum atomic E-state index is 0.347. The predicted molar refractivity (Wildman–Crippen MR) is 53.2 cm³/mol. The second-order valence-corrected chi connectivity index (χ2v) is 3.30. The molecule has 0 rings (SSSR count). The average Bonchev–Trinajstić information content (AvgIpc) is 1.97. The molecule has 0 aromatic heterocycles. The zero-order valence-electron chi connectivity index (χ0n) is 7.58. The fourth-order valence-electron chi connectivity index (χ4n) is 0.542. The van der Waals surface area contributed by atoms with Crippen LogP contribution in [0.2, 0.25) is 0 Å². The summed E-state index contributed by atoms with van der Waals surface area (Å²) < 4.78 is 5.48. The van der Waals surface area contributed by atoms with E-state index in [0.717, 1.165) is 5.75 Å². The van der Waals surface area contributed by atoms with Gasteiger partial charge in [-0.25, -0.2) is 0 Å². The van der Waals surface area contributed by atoms with Gasteiger partial charge in [0.15, 0.2) is 0 Å². The molecule has 0 heterocycles. The van der Waals surface area contributed by atoms with Crippen molar-refractivity contribution >= 4 is 12.6 Å². The average molecular weight is 174 g/mol. The lowest BCUT2D eigenvalue weighted by molar-refractivity contribution is 0.0546. The van der Waals surface area contributed by atoms with E-state index in [9.17, 15) is 0 Å². The van der Waals surface area contributed by atoms with Gasteiger partial charge in [0.1, 0.15) is 0 Å². The molecule has 0 amide bonds. The second-order valence-electron chi connectivity index (χ2n) is 2.94. The van der Waals surface area contributed by atoms with E-state index in [4.69, 9.17) is 4.74 Å². The molecule has 1 atom stereocenters. The third kappa shape index (κ3) is 6.45. The molecule has 66 valence electrons. The van der Waals surface area contributed by atoms with Crippen molar-refractivity contribution in [2.75, 3.05) is 12.4 Å². The number of thiol groups is 1. The molecule has 0 N–H and O–H groups in total. The van der Waals surface area contributed by atoms with Crippen molar-refractivity contribution in [1.82, 2.24) is 0 Å². The van der Waals surface area contributed by atoms with Gasteiger partial charge in [-0.05, 0) is 12.8 Å². The fourth-order valence-corrected chi connectivity index (χ4v) is 0.691. The van der Waals surface area contributed by atoms with Crippen LogP contribution in [0.3, 0.4) is 0 Å². The lowest BCUT2D eigenvalue weighted by Gasteiger charge is -2.14. The maximum Gasteiger partial charge on any atom is 0.0651 e. The summed E-state index contributed by atoms with van der Waals surface area (Å²) in [6, 6.07) is 0. The van der Waals surface area contributed by atoms with E-state index in [2.05, 4.69) is 33.4 Å². The van der Waals surface area contributed by atoms with Gasteiger partial charge < -0.3 is 4.74 Å². The van der Waals surface area contributed by atoms with Crippen molar-refractivity contribution in [3.8, 4) is 0 Å². The SMILES string of the molecule is CC(C)C(C)OCC=CCS. The standard InChI is InChI=1S/C9H18OS/c1-8(2)9(3)10-6-4-5-7-11/h4-5,8-9,11H,6-7H2,1-3H3. The van der Waals surface area contributed by atoms with Crippen molar-refractivity contribution in [2.45, 2.75) is 26.9 Å². The molecular formula is C9H18OS. The normalized spacial score (nSPS) is 14.6. The van der Waals surface area contributed by atoms with E-state index < -0.39 is 0 Å². The summed E-state index contributed by atoms with van der Waals surface area (Å²) in [5.74, 6) is 1.39. The maximum absolute atomic E-state index is 5.48. The first kappa shape index (κ1) is 11.1. The largest absolute Gasteiger partial charge is 0.374 e. The monoisotopic (exact) mass is 174 g/mol. The Kier molecular flexibility index (Phi) is 6.77. The van der Waals surface area contributed by atoms with Crippen LogP contribution in [0.5, 0.6) is 0 Å². The molecule has 0 radical (unpaired) electrons. The highest BCUT2D eigenvalue weighted by Crippen LogP contribution is 2.04. The molecule has 0 aromatic carbocycles. The van der Waals surface area contributed by atoms with Crippen molar-refractivity contribution < 1.29 is 4.74 Å². The molecule has 0 fully saturated rings. The Bertz CT molecular complexity index is 110. The third-order valence-corrected chi connectivity index (χ3v) is 1.88. The van der Waals surface area contributed by atoms with Gasteiger partial charge in [-0.2, -0.15) is 12.6 Å². The highest BCUT2D eigenvalue weighted by molar-refractivity contribution is 7.80. The van der Waals surface area contributed by atoms with E-state index in [0.29, 0.717) is 18.6 Å². The van der Waals surface area contributed by atoms with Crippen molar-refractivity contribution in [3.05, 3.63) is 12.2 Å². The molecule has 0 spiro atoms. The van der Waals surface area contributed by atoms with Crippen LogP contribution in [-0.2, 0) is 4.74 Å². The highest BCUT2D eigenvalue weighted by atomic mass is 32.1. The molecule has 0 saturated heterocycles. The Morgan fingerprint density at radius 3 is 2.36 bits per heavy atom. The van der Waals surface area contributed by atoms with Gasteiger partial charge in [0.05, 0.1) is 12.7 Å². The van der Waals surface area contributed by atoms with Gasteiger partial charge in [0.2, 0.25) is 0 Å². The molecule has 0 aliphatic rings. The first-order valence-corrected chi connectivity index (χ1v) is 4.69. The Morgan fingerprint density at radius 1 is 1.27 bits per heavy atom. The Morgan fingerprint density at radius 2 is 1.91 bits per heavy atom. The van der Waals surface area contributed by atoms with Crippen LogP contribution < -0.4 is 0 Å². The Hall–Kier alpha value is 0.0500. The minimum Gasteiger partial charge on any atom is -0.374 e. The highest BCUT2D eigenvalue weighted by Gasteiger charge is 2.04. The first-order valence-electron chi connectivity index (χ1n) is 4.06. The van der Waals surface area contributed by atoms with Gasteiger partial charge >= 0.3 is 0 Å². The van der Waals surface area contributed by atoms with Crippen molar-refractivity contribution in [3.63, 3.8) is 0 Å². The van der Waals surface area contributed by atoms with Gasteiger partial charge in [-0.1, -0.05) is 26.0 Å². The lowest BCUT2D eigenvalue weighted by atomic mass is 10.1. The topological polar surface area (TPSA) is 9.23 Å². The van der Waals surface area contributed by atoms with Gasteiger partial charge in [-0.15, -0.1) is 0 Å². The van der Waals surface area contributed by atoms with E-state index in [1.165, 1.54) is 0 Å². The summed E-state index contributed by atoms with van der Waals surface area (Å²) in [7, 11) is 0. The van der Waals surface area contributed by atoms with Gasteiger partial charge in [-0.3, -0.25) is 0 Å². The predicted octanol–water partition coefficient (Wildman–Crippen LogP) is 2.53. The zero-order chi connectivity index (χ0) is 8.69. The molecule has 0 aromatic rings. The van der Waals surface area contributed by atoms with Crippen LogP contribution in [0, 0.1) is 5.92 Å². The molecular weight excluding hydrogens is 156 g/mol. The minimum absolute atomic E-state index is 0.347. The van der Waals surface area contributed by atoms with Crippen molar-refractivity contribution in [2.24, 2.45) is 5.92 Å². The third-order valence-electron chi connectivity index (χ3n) is 1.67. The van der Waals surface area contributed by atoms with Crippen LogP contribution in [0.15, 0.2) is 12.2 Å². The van der Waals surface area contributed by atoms with Crippen LogP contribution in [0.4, 0.5) is 0 Å². The molecule has 2 heteroatoms. The quantitative estimate of drug-likeness (QED) is 0.498. The Labute approximate surface area is 75.2 Å². The molecule has 0 aliphatic carbocycles. The summed E-state index contributed by atoms with van der Waals surface area (Å²) in [6.45, 7) is 7.12. The van der Waals surface area contributed by atoms with E-state index in [-0.39, 0.29) is 0 Å². The van der Waals surface area contributed by atoms with Crippen LogP contribution >= 0.6 is 12.6 Å². The lowest BCUT2D eigenvalue weighted by Crippen LogP contribution is -2.15. The second kappa shape index (κ2) is 6.74. The van der Waals surface area contributed by atoms with Crippen LogP contribution in [0.25, 0.3) is 0 Å². The van der Waals surface area contributed by atoms with Gasteiger partial charge in [0, 0.05) is 5.75 Å². The van der Waals surface area contributed by atoms with E-state index in [1.54, 1.807) is 0 Å². The summed E-state index contributed by atoms with van der Waals surface area (Å²) in [4.78, 5) is 0. The summed E-state index contributed by atoms with van der Waals surface area (Å²) >= 11 is 4.04. The van der Waals surface area contributed by atoms with Crippen molar-refractivity contribution in [1.29, 1.82) is 0 Å². The molecule has 0 saturated carbocycles. The summed E-state index contributed by atoms with van der Waals surface area (Å²) in [5.41, 5.74) is 0. The van der Waals surface area contributed by atoms with Crippen LogP contribution in [-0.4, -0.2) is 18.5 Å². The first-order chi connectivity index (χ1) is 5.18. The zero-order valence-corrected chi connectivity index (χ0v) is 8.47. The van der Waals surface area contributed by atoms with Crippen LogP contribution in [0.1, 0.15) is 20.8 Å². The summed E-state index contributed by atoms with van der Waals surface area (Å²) in [6.07, 6.45) is 4.35.